The first kappa shape index (κ1) is 20.4. The molecule has 1 heterocycles. The van der Waals surface area contributed by atoms with Crippen LogP contribution >= 0.6 is 0 Å². The number of carbonyl (C=O) groups is 1. The Labute approximate surface area is 167 Å². The molecule has 0 atom stereocenters. The van der Waals surface area contributed by atoms with Gasteiger partial charge in [0.25, 0.3) is 0 Å². The molecular formula is C22H28N2O3S. The van der Waals surface area contributed by atoms with E-state index in [2.05, 4.69) is 29.2 Å². The van der Waals surface area contributed by atoms with Gasteiger partial charge in [-0.2, -0.15) is 0 Å². The molecule has 0 saturated heterocycles. The second kappa shape index (κ2) is 8.35. The minimum atomic E-state index is -3.32. The van der Waals surface area contributed by atoms with E-state index in [1.807, 2.05) is 6.08 Å². The molecule has 0 radical (unpaired) electrons. The molecule has 2 aromatic rings. The van der Waals surface area contributed by atoms with E-state index in [1.54, 1.807) is 30.3 Å². The van der Waals surface area contributed by atoms with Crippen molar-refractivity contribution in [3.63, 3.8) is 0 Å². The fraction of sp³-hybridized carbons (Fsp3) is 0.409. The first-order valence-corrected chi connectivity index (χ1v) is 11.6. The molecule has 0 bridgehead atoms. The third kappa shape index (κ3) is 4.93. The topological polar surface area (TPSA) is 68.2 Å². The molecule has 1 aromatic carbocycles. The zero-order chi connectivity index (χ0) is 20.3. The summed E-state index contributed by atoms with van der Waals surface area (Å²) < 4.78 is 27.3. The highest BCUT2D eigenvalue weighted by atomic mass is 32.2. The Morgan fingerprint density at radius 1 is 1.11 bits per heavy atom. The fourth-order valence-electron chi connectivity index (χ4n) is 4.05. The van der Waals surface area contributed by atoms with Gasteiger partial charge in [0.2, 0.25) is 10.0 Å². The highest BCUT2D eigenvalue weighted by molar-refractivity contribution is 7.92. The van der Waals surface area contributed by atoms with Gasteiger partial charge in [0.1, 0.15) is 0 Å². The monoisotopic (exact) mass is 400 g/mol. The SMILES string of the molecule is Cc1cc(/C=C/C(=O)c2ccc(NS(C)(=O)=O)cc2)c(C)n1C1CCCCC1. The van der Waals surface area contributed by atoms with Gasteiger partial charge in [-0.05, 0) is 74.7 Å². The second-order valence-electron chi connectivity index (χ2n) is 7.64. The van der Waals surface area contributed by atoms with Crippen LogP contribution in [0.2, 0.25) is 0 Å². The van der Waals surface area contributed by atoms with Crippen LogP contribution in [0.5, 0.6) is 0 Å². The predicted octanol–water partition coefficient (Wildman–Crippen LogP) is 4.88. The van der Waals surface area contributed by atoms with Crippen molar-refractivity contribution in [1.82, 2.24) is 4.57 Å². The van der Waals surface area contributed by atoms with E-state index in [0.717, 1.165) is 11.8 Å². The van der Waals surface area contributed by atoms with Crippen molar-refractivity contribution in [3.05, 3.63) is 58.9 Å². The molecule has 0 amide bonds. The summed E-state index contributed by atoms with van der Waals surface area (Å²) in [5, 5.41) is 0. The van der Waals surface area contributed by atoms with Crippen LogP contribution in [0.15, 0.2) is 36.4 Å². The number of anilines is 1. The highest BCUT2D eigenvalue weighted by Gasteiger charge is 2.19. The van der Waals surface area contributed by atoms with E-state index in [4.69, 9.17) is 0 Å². The van der Waals surface area contributed by atoms with Crippen molar-refractivity contribution in [2.75, 3.05) is 11.0 Å². The highest BCUT2D eigenvalue weighted by Crippen LogP contribution is 2.32. The molecule has 0 aliphatic heterocycles. The van der Waals surface area contributed by atoms with E-state index in [-0.39, 0.29) is 5.78 Å². The minimum absolute atomic E-state index is 0.103. The Kier molecular flexibility index (Phi) is 6.08. The molecule has 28 heavy (non-hydrogen) atoms. The number of sulfonamides is 1. The van der Waals surface area contributed by atoms with Gasteiger partial charge < -0.3 is 4.57 Å². The Balaban J connectivity index is 1.74. The number of nitrogens with zero attached hydrogens (tertiary/aromatic N) is 1. The van der Waals surface area contributed by atoms with Crippen LogP contribution in [0.25, 0.3) is 6.08 Å². The number of ketones is 1. The summed E-state index contributed by atoms with van der Waals surface area (Å²) in [4.78, 5) is 12.5. The number of carbonyl (C=O) groups excluding carboxylic acids is 1. The van der Waals surface area contributed by atoms with Gasteiger partial charge >= 0.3 is 0 Å². The summed E-state index contributed by atoms with van der Waals surface area (Å²) in [5.41, 5.74) is 4.50. The van der Waals surface area contributed by atoms with Gasteiger partial charge in [-0.1, -0.05) is 19.3 Å². The van der Waals surface area contributed by atoms with E-state index >= 15 is 0 Å². The Morgan fingerprint density at radius 2 is 1.75 bits per heavy atom. The quantitative estimate of drug-likeness (QED) is 0.555. The summed E-state index contributed by atoms with van der Waals surface area (Å²) in [6.07, 6.45) is 10.9. The number of aryl methyl sites for hydroxylation is 1. The van der Waals surface area contributed by atoms with Crippen LogP contribution in [0.1, 0.15) is 65.5 Å². The molecule has 1 saturated carbocycles. The maximum Gasteiger partial charge on any atom is 0.229 e. The minimum Gasteiger partial charge on any atom is -0.346 e. The lowest BCUT2D eigenvalue weighted by Gasteiger charge is -2.26. The van der Waals surface area contributed by atoms with Crippen molar-refractivity contribution >= 4 is 27.6 Å². The van der Waals surface area contributed by atoms with Gasteiger partial charge in [0.15, 0.2) is 5.78 Å². The molecule has 0 spiro atoms. The van der Waals surface area contributed by atoms with Crippen LogP contribution in [-0.2, 0) is 10.0 Å². The molecule has 5 nitrogen and oxygen atoms in total. The Morgan fingerprint density at radius 3 is 2.36 bits per heavy atom. The zero-order valence-corrected chi connectivity index (χ0v) is 17.6. The third-order valence-electron chi connectivity index (χ3n) is 5.35. The largest absolute Gasteiger partial charge is 0.346 e. The second-order valence-corrected chi connectivity index (χ2v) is 9.39. The molecule has 1 aliphatic rings. The van der Waals surface area contributed by atoms with Crippen LogP contribution in [0.3, 0.4) is 0 Å². The Hall–Kier alpha value is -2.34. The summed E-state index contributed by atoms with van der Waals surface area (Å²) in [5.74, 6) is -0.103. The van der Waals surface area contributed by atoms with Gasteiger partial charge in [-0.3, -0.25) is 9.52 Å². The third-order valence-corrected chi connectivity index (χ3v) is 5.96. The van der Waals surface area contributed by atoms with Gasteiger partial charge in [0.05, 0.1) is 6.26 Å². The number of benzene rings is 1. The molecule has 1 aromatic heterocycles. The maximum atomic E-state index is 12.5. The lowest BCUT2D eigenvalue weighted by Crippen LogP contribution is -2.15. The zero-order valence-electron chi connectivity index (χ0n) is 16.7. The van der Waals surface area contributed by atoms with E-state index < -0.39 is 10.0 Å². The first-order chi connectivity index (χ1) is 13.2. The summed E-state index contributed by atoms with van der Waals surface area (Å²) >= 11 is 0. The van der Waals surface area contributed by atoms with Gasteiger partial charge in [-0.15, -0.1) is 0 Å². The molecule has 1 N–H and O–H groups in total. The molecule has 150 valence electrons. The number of rotatable bonds is 6. The number of nitrogens with one attached hydrogen (secondary N) is 1. The number of hydrogen-bond donors (Lipinski definition) is 1. The molecule has 6 heteroatoms. The standard InChI is InChI=1S/C22H28N2O3S/c1-16-15-19(17(2)24(16)21-7-5-4-6-8-21)11-14-22(25)18-9-12-20(13-10-18)23-28(3,26)27/h9-15,21,23H,4-8H2,1-3H3/b14-11+. The average Bonchev–Trinajstić information content (AvgIpc) is 2.93. The smallest absolute Gasteiger partial charge is 0.229 e. The van der Waals surface area contributed by atoms with E-state index in [0.29, 0.717) is 17.3 Å². The van der Waals surface area contributed by atoms with Crippen LogP contribution in [0, 0.1) is 13.8 Å². The number of allylic oxidation sites excluding steroid dienone is 1. The maximum absolute atomic E-state index is 12.5. The van der Waals surface area contributed by atoms with Crippen LogP contribution in [0.4, 0.5) is 5.69 Å². The Bertz CT molecular complexity index is 980. The molecule has 0 unspecified atom stereocenters. The van der Waals surface area contributed by atoms with E-state index in [1.165, 1.54) is 43.5 Å². The summed E-state index contributed by atoms with van der Waals surface area (Å²) in [6, 6.07) is 9.17. The summed E-state index contributed by atoms with van der Waals surface area (Å²) in [7, 11) is -3.32. The van der Waals surface area contributed by atoms with Crippen molar-refractivity contribution < 1.29 is 13.2 Å². The lowest BCUT2D eigenvalue weighted by atomic mass is 9.95. The fourth-order valence-corrected chi connectivity index (χ4v) is 4.61. The normalized spacial score (nSPS) is 15.8. The van der Waals surface area contributed by atoms with Crippen LogP contribution in [-0.4, -0.2) is 25.0 Å². The molecular weight excluding hydrogens is 372 g/mol. The van der Waals surface area contributed by atoms with Crippen molar-refractivity contribution in [2.45, 2.75) is 52.0 Å². The average molecular weight is 401 g/mol. The molecule has 1 aliphatic carbocycles. The van der Waals surface area contributed by atoms with Crippen molar-refractivity contribution in [1.29, 1.82) is 0 Å². The van der Waals surface area contributed by atoms with Crippen molar-refractivity contribution in [2.24, 2.45) is 0 Å². The van der Waals surface area contributed by atoms with E-state index in [9.17, 15) is 13.2 Å². The first-order valence-electron chi connectivity index (χ1n) is 9.73. The predicted molar refractivity (Wildman–Crippen MR) is 114 cm³/mol. The van der Waals surface area contributed by atoms with Crippen LogP contribution < -0.4 is 4.72 Å². The van der Waals surface area contributed by atoms with Gasteiger partial charge in [0, 0.05) is 28.7 Å². The molecule has 1 fully saturated rings. The van der Waals surface area contributed by atoms with Gasteiger partial charge in [-0.25, -0.2) is 8.42 Å². The summed E-state index contributed by atoms with van der Waals surface area (Å²) in [6.45, 7) is 4.26. The number of hydrogen-bond acceptors (Lipinski definition) is 3. The van der Waals surface area contributed by atoms with Crippen molar-refractivity contribution in [3.8, 4) is 0 Å². The lowest BCUT2D eigenvalue weighted by molar-refractivity contribution is 0.104. The molecule has 3 rings (SSSR count). The number of aromatic nitrogens is 1.